The first-order valence-corrected chi connectivity index (χ1v) is 12.1. The van der Waals surface area contributed by atoms with Crippen LogP contribution in [-0.2, 0) is 16.0 Å². The van der Waals surface area contributed by atoms with E-state index in [0.29, 0.717) is 33.7 Å². The molecule has 2 aliphatic heterocycles. The van der Waals surface area contributed by atoms with Crippen molar-refractivity contribution in [2.24, 2.45) is 0 Å². The van der Waals surface area contributed by atoms with Gasteiger partial charge in [-0.25, -0.2) is 0 Å². The third-order valence-corrected chi connectivity index (χ3v) is 8.10. The van der Waals surface area contributed by atoms with Gasteiger partial charge in [-0.2, -0.15) is 0 Å². The highest BCUT2D eigenvalue weighted by molar-refractivity contribution is 7.18. The van der Waals surface area contributed by atoms with Crippen LogP contribution in [0.25, 0.3) is 0 Å². The molecule has 2 aromatic heterocycles. The minimum Gasteiger partial charge on any atom is -0.383 e. The van der Waals surface area contributed by atoms with Crippen LogP contribution in [0.2, 0.25) is 4.34 Å². The van der Waals surface area contributed by atoms with Gasteiger partial charge in [0.2, 0.25) is 0 Å². The number of likely N-dealkylation sites (N-methyl/N-ethyl adjacent to an activating group) is 1. The van der Waals surface area contributed by atoms with E-state index in [1.165, 1.54) is 27.6 Å². The molecular formula is C21H26ClN3O4S2. The normalized spacial score (nSPS) is 23.7. The van der Waals surface area contributed by atoms with Crippen LogP contribution in [0.3, 0.4) is 0 Å². The highest BCUT2D eigenvalue weighted by atomic mass is 35.5. The van der Waals surface area contributed by atoms with E-state index in [4.69, 9.17) is 21.1 Å². The van der Waals surface area contributed by atoms with Crippen LogP contribution in [0.1, 0.15) is 42.3 Å². The predicted molar refractivity (Wildman–Crippen MR) is 122 cm³/mol. The molecule has 1 unspecified atom stereocenters. The summed E-state index contributed by atoms with van der Waals surface area (Å²) in [5, 5.41) is 3.04. The smallest absolute Gasteiger partial charge is 0.264 e. The van der Waals surface area contributed by atoms with Gasteiger partial charge in [0.1, 0.15) is 0 Å². The molecule has 0 bridgehead atoms. The third kappa shape index (κ3) is 4.81. The molecule has 31 heavy (non-hydrogen) atoms. The Kier molecular flexibility index (Phi) is 7.00. The molecule has 2 aromatic rings. The lowest BCUT2D eigenvalue weighted by molar-refractivity contribution is 0.0587. The Morgan fingerprint density at radius 2 is 2.03 bits per heavy atom. The van der Waals surface area contributed by atoms with Gasteiger partial charge in [0, 0.05) is 44.8 Å². The quantitative estimate of drug-likeness (QED) is 0.683. The molecule has 0 aromatic carbocycles. The van der Waals surface area contributed by atoms with Crippen molar-refractivity contribution in [2.45, 2.75) is 31.2 Å². The second-order valence-electron chi connectivity index (χ2n) is 7.99. The van der Waals surface area contributed by atoms with E-state index < -0.39 is 0 Å². The standard InChI is InChI=1S/C21H26ClN3O4S2/c1-24-9-15(29-3)14-7-17(30-18(14)10-24)21(27)25-8-12(6-13(25)11-28-2)23-20(26)16-4-5-19(22)31-16/h4-5,7,12-13,15H,6,8-11H2,1-3H3,(H,23,26)/t12-,13+,15?/m1/s1. The lowest BCUT2D eigenvalue weighted by Gasteiger charge is -2.28. The first-order valence-electron chi connectivity index (χ1n) is 10.1. The number of fused-ring (bicyclic) bond motifs is 1. The number of nitrogens with one attached hydrogen (secondary N) is 1. The van der Waals surface area contributed by atoms with Gasteiger partial charge in [0.25, 0.3) is 11.8 Å². The second kappa shape index (κ2) is 9.56. The Labute approximate surface area is 194 Å². The van der Waals surface area contributed by atoms with Gasteiger partial charge in [-0.05, 0) is 37.2 Å². The molecule has 0 spiro atoms. The first-order chi connectivity index (χ1) is 14.9. The summed E-state index contributed by atoms with van der Waals surface area (Å²) in [6.45, 7) is 2.51. The molecular weight excluding hydrogens is 458 g/mol. The van der Waals surface area contributed by atoms with E-state index in [0.717, 1.165) is 18.7 Å². The largest absolute Gasteiger partial charge is 0.383 e. The Balaban J connectivity index is 1.49. The Morgan fingerprint density at radius 3 is 2.71 bits per heavy atom. The van der Waals surface area contributed by atoms with Crippen molar-refractivity contribution in [3.05, 3.63) is 42.7 Å². The van der Waals surface area contributed by atoms with Crippen molar-refractivity contribution in [1.82, 2.24) is 15.1 Å². The van der Waals surface area contributed by atoms with Gasteiger partial charge in [-0.1, -0.05) is 11.6 Å². The summed E-state index contributed by atoms with van der Waals surface area (Å²) in [5.41, 5.74) is 1.11. The van der Waals surface area contributed by atoms with Crippen molar-refractivity contribution < 1.29 is 19.1 Å². The maximum atomic E-state index is 13.4. The van der Waals surface area contributed by atoms with E-state index in [1.807, 2.05) is 11.0 Å². The lowest BCUT2D eigenvalue weighted by atomic mass is 10.1. The number of rotatable bonds is 6. The molecule has 3 atom stereocenters. The number of carbonyl (C=O) groups is 2. The Morgan fingerprint density at radius 1 is 1.23 bits per heavy atom. The van der Waals surface area contributed by atoms with Crippen LogP contribution < -0.4 is 5.32 Å². The van der Waals surface area contributed by atoms with Crippen LogP contribution in [-0.4, -0.2) is 74.7 Å². The topological polar surface area (TPSA) is 71.1 Å². The summed E-state index contributed by atoms with van der Waals surface area (Å²) >= 11 is 8.73. The van der Waals surface area contributed by atoms with Crippen LogP contribution in [0, 0.1) is 0 Å². The maximum Gasteiger partial charge on any atom is 0.264 e. The average molecular weight is 484 g/mol. The SMILES string of the molecule is COC[C@@H]1C[C@@H](NC(=O)c2ccc(Cl)s2)CN1C(=O)c1cc2c(s1)CN(C)CC2OC. The van der Waals surface area contributed by atoms with Crippen molar-refractivity contribution in [2.75, 3.05) is 41.0 Å². The number of nitrogens with zero attached hydrogens (tertiary/aromatic N) is 2. The van der Waals surface area contributed by atoms with Crippen LogP contribution in [0.5, 0.6) is 0 Å². The molecule has 7 nitrogen and oxygen atoms in total. The molecule has 1 N–H and O–H groups in total. The number of likely N-dealkylation sites (tertiary alicyclic amines) is 1. The zero-order chi connectivity index (χ0) is 22.1. The summed E-state index contributed by atoms with van der Waals surface area (Å²) in [7, 11) is 5.39. The summed E-state index contributed by atoms with van der Waals surface area (Å²) in [6.07, 6.45) is 0.628. The highest BCUT2D eigenvalue weighted by Gasteiger charge is 2.38. The zero-order valence-electron chi connectivity index (χ0n) is 17.7. The minimum atomic E-state index is -0.162. The van der Waals surface area contributed by atoms with Crippen LogP contribution in [0.4, 0.5) is 0 Å². The summed E-state index contributed by atoms with van der Waals surface area (Å²) in [4.78, 5) is 32.5. The number of ether oxygens (including phenoxy) is 2. The highest BCUT2D eigenvalue weighted by Crippen LogP contribution is 2.36. The summed E-state index contributed by atoms with van der Waals surface area (Å²) in [6, 6.07) is 5.18. The first kappa shape index (κ1) is 22.7. The molecule has 0 aliphatic carbocycles. The van der Waals surface area contributed by atoms with Crippen molar-refractivity contribution in [3.63, 3.8) is 0 Å². The molecule has 168 valence electrons. The fourth-order valence-electron chi connectivity index (χ4n) is 4.29. The fourth-order valence-corrected chi connectivity index (χ4v) is 6.49. The number of hydrogen-bond donors (Lipinski definition) is 1. The number of methoxy groups -OCH3 is 2. The third-order valence-electron chi connectivity index (χ3n) is 5.74. The van der Waals surface area contributed by atoms with E-state index in [-0.39, 0.29) is 30.0 Å². The molecule has 1 saturated heterocycles. The molecule has 4 rings (SSSR count). The van der Waals surface area contributed by atoms with E-state index in [9.17, 15) is 9.59 Å². The fraction of sp³-hybridized carbons (Fsp3) is 0.524. The van der Waals surface area contributed by atoms with Gasteiger partial charge < -0.3 is 19.7 Å². The van der Waals surface area contributed by atoms with Gasteiger partial charge in [0.15, 0.2) is 0 Å². The number of amides is 2. The lowest BCUT2D eigenvalue weighted by Crippen LogP contribution is -2.40. The number of hydrogen-bond acceptors (Lipinski definition) is 7. The van der Waals surface area contributed by atoms with E-state index in [2.05, 4.69) is 17.3 Å². The van der Waals surface area contributed by atoms with Crippen LogP contribution >= 0.6 is 34.3 Å². The molecule has 1 fully saturated rings. The van der Waals surface area contributed by atoms with Gasteiger partial charge in [-0.15, -0.1) is 22.7 Å². The van der Waals surface area contributed by atoms with Crippen molar-refractivity contribution >= 4 is 46.1 Å². The number of halogens is 1. The Hall–Kier alpha value is -1.49. The van der Waals surface area contributed by atoms with Crippen molar-refractivity contribution in [3.8, 4) is 0 Å². The number of thiophene rings is 2. The van der Waals surface area contributed by atoms with Gasteiger partial charge in [0.05, 0.1) is 32.8 Å². The molecule has 2 aliphatic rings. The molecule has 2 amide bonds. The summed E-state index contributed by atoms with van der Waals surface area (Å²) in [5.74, 6) is -0.181. The second-order valence-corrected chi connectivity index (χ2v) is 10.8. The van der Waals surface area contributed by atoms with Gasteiger partial charge >= 0.3 is 0 Å². The minimum absolute atomic E-state index is 0.0186. The number of carbonyl (C=O) groups excluding carboxylic acids is 2. The predicted octanol–water partition coefficient (Wildman–Crippen LogP) is 3.26. The maximum absolute atomic E-state index is 13.4. The summed E-state index contributed by atoms with van der Waals surface area (Å²) < 4.78 is 11.6. The van der Waals surface area contributed by atoms with E-state index >= 15 is 0 Å². The van der Waals surface area contributed by atoms with E-state index in [1.54, 1.807) is 26.4 Å². The zero-order valence-corrected chi connectivity index (χ0v) is 20.1. The molecule has 10 heteroatoms. The molecule has 4 heterocycles. The average Bonchev–Trinajstić information content (AvgIpc) is 3.45. The molecule has 0 radical (unpaired) electrons. The monoisotopic (exact) mass is 483 g/mol. The molecule has 0 saturated carbocycles. The van der Waals surface area contributed by atoms with Gasteiger partial charge in [-0.3, -0.25) is 14.5 Å². The van der Waals surface area contributed by atoms with Crippen molar-refractivity contribution in [1.29, 1.82) is 0 Å². The van der Waals surface area contributed by atoms with Crippen LogP contribution in [0.15, 0.2) is 18.2 Å². The Bertz CT molecular complexity index is 962.